The van der Waals surface area contributed by atoms with Crippen LogP contribution < -0.4 is 26.4 Å². The number of thiophene rings is 1. The average Bonchev–Trinajstić information content (AvgIpc) is 3.25. The van der Waals surface area contributed by atoms with E-state index in [0.29, 0.717) is 6.54 Å². The molecule has 0 saturated carbocycles. The minimum Gasteiger partial charge on any atom is -0.472 e. The van der Waals surface area contributed by atoms with Gasteiger partial charge in [0.25, 0.3) is 5.91 Å². The number of nitrogens with two attached hydrogens (primary N) is 1. The van der Waals surface area contributed by atoms with Crippen LogP contribution in [0.15, 0.2) is 12.1 Å². The van der Waals surface area contributed by atoms with Crippen molar-refractivity contribution in [2.75, 3.05) is 24.1 Å². The fourth-order valence-corrected chi connectivity index (χ4v) is 6.53. The van der Waals surface area contributed by atoms with Crippen molar-refractivity contribution in [1.29, 1.82) is 5.26 Å². The number of nitriles is 1. The minimum absolute atomic E-state index is 0.0266. The first-order valence-corrected chi connectivity index (χ1v) is 15.7. The third-order valence-electron chi connectivity index (χ3n) is 7.97. The van der Waals surface area contributed by atoms with Crippen LogP contribution in [0.25, 0.3) is 32.1 Å². The topological polar surface area (TPSA) is 158 Å². The number of nitrogens with zero attached hydrogens (tertiary/aromatic N) is 3. The van der Waals surface area contributed by atoms with Crippen LogP contribution in [-0.2, 0) is 0 Å². The molecule has 0 fully saturated rings. The molecular formula is C32H37F2N7O3S. The molecule has 1 aromatic carbocycles. The Morgan fingerprint density at radius 1 is 1.29 bits per heavy atom. The largest absolute Gasteiger partial charge is 0.472 e. The molecule has 1 aliphatic rings. The third-order valence-corrected chi connectivity index (χ3v) is 9.00. The van der Waals surface area contributed by atoms with E-state index in [-0.39, 0.29) is 84.3 Å². The highest BCUT2D eigenvalue weighted by atomic mass is 32.1. The Hall–Kier alpha value is -4.12. The molecule has 10 nitrogen and oxygen atoms in total. The smallest absolute Gasteiger partial charge is 0.270 e. The van der Waals surface area contributed by atoms with Gasteiger partial charge in [-0.05, 0) is 58.7 Å². The number of halogens is 2. The van der Waals surface area contributed by atoms with Gasteiger partial charge in [-0.2, -0.15) is 5.26 Å². The standard InChI is InChI=1S/C32H37F2N7O3S/c1-7-8-14(2)37-12-20-16(4)44-31-23-21(15(3)25(40-29(23)39-20)30(42)38-13-32(5,6)43)24(34)26(41-31)17-9-10-19(33)27-22(17)18(11-35)28(36)45-27/h9-10,14,16,20,37,43H,7-8,12-13,36H2,1-6H3,(H,38,42)(H,39,40)/t14?,16?,20-/m0/s1. The van der Waals surface area contributed by atoms with E-state index in [1.807, 2.05) is 13.0 Å². The summed E-state index contributed by atoms with van der Waals surface area (Å²) in [5, 5.41) is 30.2. The Kier molecular flexibility index (Phi) is 8.86. The molecule has 1 amide bonds. The van der Waals surface area contributed by atoms with Gasteiger partial charge in [0.05, 0.1) is 27.3 Å². The number of nitrogen functional groups attached to an aromatic ring is 1. The number of nitrogens with one attached hydrogen (secondary N) is 3. The van der Waals surface area contributed by atoms with E-state index in [1.165, 1.54) is 12.1 Å². The zero-order chi connectivity index (χ0) is 32.8. The van der Waals surface area contributed by atoms with Crippen LogP contribution in [-0.4, -0.2) is 57.9 Å². The minimum atomic E-state index is -1.19. The quantitative estimate of drug-likeness (QED) is 0.162. The summed E-state index contributed by atoms with van der Waals surface area (Å²) in [6.07, 6.45) is 1.52. The first-order chi connectivity index (χ1) is 21.2. The van der Waals surface area contributed by atoms with Gasteiger partial charge in [0.15, 0.2) is 5.82 Å². The van der Waals surface area contributed by atoms with Crippen LogP contribution in [0.2, 0.25) is 0 Å². The van der Waals surface area contributed by atoms with Crippen molar-refractivity contribution in [2.45, 2.75) is 78.2 Å². The summed E-state index contributed by atoms with van der Waals surface area (Å²) in [7, 11) is 0. The van der Waals surface area contributed by atoms with Gasteiger partial charge in [0.2, 0.25) is 5.88 Å². The highest BCUT2D eigenvalue weighted by molar-refractivity contribution is 7.23. The monoisotopic (exact) mass is 637 g/mol. The first kappa shape index (κ1) is 32.3. The van der Waals surface area contributed by atoms with E-state index in [1.54, 1.807) is 20.8 Å². The summed E-state index contributed by atoms with van der Waals surface area (Å²) < 4.78 is 38.3. The summed E-state index contributed by atoms with van der Waals surface area (Å²) in [5.41, 5.74) is 5.06. The number of ether oxygens (including phenoxy) is 1. The molecule has 238 valence electrons. The van der Waals surface area contributed by atoms with Crippen molar-refractivity contribution in [2.24, 2.45) is 0 Å². The average molecular weight is 638 g/mol. The Morgan fingerprint density at radius 3 is 2.69 bits per heavy atom. The highest BCUT2D eigenvalue weighted by Gasteiger charge is 2.33. The Balaban J connectivity index is 1.76. The lowest BCUT2D eigenvalue weighted by atomic mass is 9.98. The van der Waals surface area contributed by atoms with E-state index in [4.69, 9.17) is 10.5 Å². The number of aryl methyl sites for hydroxylation is 1. The molecular weight excluding hydrogens is 600 g/mol. The Bertz CT molecular complexity index is 1850. The van der Waals surface area contributed by atoms with Gasteiger partial charge in [0, 0.05) is 35.5 Å². The molecule has 0 radical (unpaired) electrons. The van der Waals surface area contributed by atoms with Crippen molar-refractivity contribution in [3.05, 3.63) is 40.6 Å². The number of amides is 1. The summed E-state index contributed by atoms with van der Waals surface area (Å²) in [4.78, 5) is 22.7. The molecule has 2 unspecified atom stereocenters. The molecule has 3 atom stereocenters. The van der Waals surface area contributed by atoms with Gasteiger partial charge in [-0.25, -0.2) is 18.7 Å². The van der Waals surface area contributed by atoms with E-state index in [9.17, 15) is 19.6 Å². The maximum Gasteiger partial charge on any atom is 0.270 e. The molecule has 45 heavy (non-hydrogen) atoms. The number of anilines is 2. The summed E-state index contributed by atoms with van der Waals surface area (Å²) in [5.74, 6) is -1.68. The number of aromatic nitrogens is 2. The fourth-order valence-electron chi connectivity index (χ4n) is 5.58. The lowest BCUT2D eigenvalue weighted by Gasteiger charge is -2.25. The van der Waals surface area contributed by atoms with E-state index >= 15 is 4.39 Å². The third kappa shape index (κ3) is 6.10. The molecule has 0 bridgehead atoms. The van der Waals surface area contributed by atoms with Crippen molar-refractivity contribution < 1.29 is 23.4 Å². The van der Waals surface area contributed by atoms with Crippen molar-refractivity contribution in [3.63, 3.8) is 0 Å². The van der Waals surface area contributed by atoms with Crippen LogP contribution in [0.1, 0.15) is 69.1 Å². The number of hydrogen-bond acceptors (Lipinski definition) is 10. The Morgan fingerprint density at radius 2 is 2.02 bits per heavy atom. The van der Waals surface area contributed by atoms with Gasteiger partial charge in [-0.3, -0.25) is 4.79 Å². The number of benzene rings is 1. The van der Waals surface area contributed by atoms with Gasteiger partial charge in [-0.1, -0.05) is 13.3 Å². The van der Waals surface area contributed by atoms with Gasteiger partial charge in [-0.15, -0.1) is 11.3 Å². The first-order valence-electron chi connectivity index (χ1n) is 14.9. The van der Waals surface area contributed by atoms with E-state index < -0.39 is 29.2 Å². The van der Waals surface area contributed by atoms with Gasteiger partial charge < -0.3 is 31.5 Å². The number of carbonyl (C=O) groups is 1. The van der Waals surface area contributed by atoms with Crippen molar-refractivity contribution in [1.82, 2.24) is 20.6 Å². The van der Waals surface area contributed by atoms with Crippen LogP contribution in [0.3, 0.4) is 0 Å². The van der Waals surface area contributed by atoms with Gasteiger partial charge >= 0.3 is 0 Å². The second kappa shape index (κ2) is 12.3. The van der Waals surface area contributed by atoms with E-state index in [0.717, 1.165) is 24.2 Å². The predicted octanol–water partition coefficient (Wildman–Crippen LogP) is 5.39. The van der Waals surface area contributed by atoms with Crippen molar-refractivity contribution in [3.8, 4) is 23.2 Å². The zero-order valence-corrected chi connectivity index (χ0v) is 26.9. The lowest BCUT2D eigenvalue weighted by Crippen LogP contribution is -2.45. The molecule has 3 aromatic heterocycles. The fraction of sp³-hybridized carbons (Fsp3) is 0.438. The number of hydrogen-bond donors (Lipinski definition) is 5. The summed E-state index contributed by atoms with van der Waals surface area (Å²) >= 11 is 0.902. The second-order valence-corrected chi connectivity index (χ2v) is 13.2. The number of pyridine rings is 2. The van der Waals surface area contributed by atoms with Gasteiger partial charge in [0.1, 0.15) is 40.2 Å². The second-order valence-electron chi connectivity index (χ2n) is 12.2. The number of carbonyl (C=O) groups excluding carboxylic acids is 1. The molecule has 5 rings (SSSR count). The van der Waals surface area contributed by atoms with Crippen molar-refractivity contribution >= 4 is 48.9 Å². The molecule has 6 N–H and O–H groups in total. The van der Waals surface area contributed by atoms with E-state index in [2.05, 4.69) is 39.8 Å². The SMILES string of the molecule is CCCC(C)NC[C@@H]1Nc2nc(C(=O)NCC(C)(C)O)c(C)c3c(F)c(-c4ccc(F)c5sc(N)c(C#N)c45)nc(c23)OC1C. The normalized spacial score (nSPS) is 17.0. The number of aliphatic hydroxyl groups is 1. The molecule has 0 aliphatic carbocycles. The van der Waals surface area contributed by atoms with Crippen LogP contribution in [0.4, 0.5) is 19.6 Å². The number of fused-ring (bicyclic) bond motifs is 1. The molecule has 0 spiro atoms. The predicted molar refractivity (Wildman–Crippen MR) is 173 cm³/mol. The zero-order valence-electron chi connectivity index (χ0n) is 26.1. The summed E-state index contributed by atoms with van der Waals surface area (Å²) in [6.45, 7) is 11.2. The summed E-state index contributed by atoms with van der Waals surface area (Å²) in [6, 6.07) is 4.46. The van der Waals surface area contributed by atoms with Crippen LogP contribution in [0.5, 0.6) is 5.88 Å². The number of rotatable bonds is 9. The van der Waals surface area contributed by atoms with Crippen LogP contribution in [0, 0.1) is 29.9 Å². The van der Waals surface area contributed by atoms with Crippen LogP contribution >= 0.6 is 11.3 Å². The maximum absolute atomic E-state index is 16.9. The molecule has 4 heterocycles. The molecule has 4 aromatic rings. The Labute approximate surface area is 264 Å². The molecule has 13 heteroatoms. The molecule has 1 aliphatic heterocycles. The molecule has 0 saturated heterocycles. The lowest BCUT2D eigenvalue weighted by molar-refractivity contribution is 0.0691. The highest BCUT2D eigenvalue weighted by Crippen LogP contribution is 2.45. The maximum atomic E-state index is 16.9.